The minimum Gasteiger partial charge on any atom is -0.503 e. The van der Waals surface area contributed by atoms with Crippen LogP contribution in [-0.4, -0.2) is 51.2 Å². The molecule has 0 aromatic heterocycles. The van der Waals surface area contributed by atoms with Crippen LogP contribution in [0.15, 0.2) is 60.1 Å². The van der Waals surface area contributed by atoms with Gasteiger partial charge >= 0.3 is 5.97 Å². The molecule has 0 N–H and O–H groups in total. The topological polar surface area (TPSA) is 72.5 Å². The Balaban J connectivity index is 2.29. The minimum absolute atomic E-state index is 0.265. The summed E-state index contributed by atoms with van der Waals surface area (Å²) in [6.07, 6.45) is 6.42. The predicted molar refractivity (Wildman–Crippen MR) is 132 cm³/mol. The zero-order valence-corrected chi connectivity index (χ0v) is 21.4. The van der Waals surface area contributed by atoms with Crippen LogP contribution in [0.1, 0.15) is 40.2 Å². The van der Waals surface area contributed by atoms with Crippen LogP contribution in [-0.2, 0) is 23.7 Å². The van der Waals surface area contributed by atoms with Gasteiger partial charge < -0.3 is 28.4 Å². The highest BCUT2D eigenvalue weighted by Gasteiger charge is 2.39. The van der Waals surface area contributed by atoms with Crippen molar-refractivity contribution in [3.05, 3.63) is 65.7 Å². The van der Waals surface area contributed by atoms with E-state index >= 15 is 0 Å². The monoisotopic (exact) mass is 472 g/mol. The van der Waals surface area contributed by atoms with Crippen molar-refractivity contribution in [1.82, 2.24) is 0 Å². The Bertz CT molecular complexity index is 983. The summed E-state index contributed by atoms with van der Waals surface area (Å²) in [6, 6.07) is 5.67. The second-order valence-electron chi connectivity index (χ2n) is 8.92. The smallest absolute Gasteiger partial charge is 0.341 e. The van der Waals surface area contributed by atoms with Crippen LogP contribution >= 0.6 is 0 Å². The lowest BCUT2D eigenvalue weighted by Crippen LogP contribution is -2.51. The van der Waals surface area contributed by atoms with Crippen LogP contribution in [0.2, 0.25) is 0 Å². The quantitative estimate of drug-likeness (QED) is 0.152. The van der Waals surface area contributed by atoms with E-state index in [1.165, 1.54) is 27.6 Å². The van der Waals surface area contributed by atoms with Crippen molar-refractivity contribution >= 4 is 12.0 Å². The van der Waals surface area contributed by atoms with Gasteiger partial charge in [0.25, 0.3) is 0 Å². The van der Waals surface area contributed by atoms with Crippen LogP contribution in [0.25, 0.3) is 6.08 Å². The Kier molecular flexibility index (Phi) is 8.99. The lowest BCUT2D eigenvalue weighted by atomic mass is 9.98. The zero-order valence-electron chi connectivity index (χ0n) is 21.4. The van der Waals surface area contributed by atoms with Crippen molar-refractivity contribution in [1.29, 1.82) is 0 Å². The summed E-state index contributed by atoms with van der Waals surface area (Å²) in [4.78, 5) is 12.1. The van der Waals surface area contributed by atoms with E-state index in [2.05, 4.69) is 6.58 Å². The minimum atomic E-state index is -0.609. The Morgan fingerprint density at radius 3 is 2.41 bits per heavy atom. The maximum atomic E-state index is 12.1. The number of allylic oxidation sites excluding steroid dienone is 1. The maximum Gasteiger partial charge on any atom is 0.341 e. The second-order valence-corrected chi connectivity index (χ2v) is 8.92. The van der Waals surface area contributed by atoms with E-state index in [-0.39, 0.29) is 11.7 Å². The third kappa shape index (κ3) is 6.67. The van der Waals surface area contributed by atoms with Crippen LogP contribution < -0.4 is 9.47 Å². The summed E-state index contributed by atoms with van der Waals surface area (Å²) in [5.74, 6) is 1.27. The van der Waals surface area contributed by atoms with Gasteiger partial charge in [0.15, 0.2) is 17.6 Å². The SMILES string of the molecule is C=CC(C)(C)OC(C)(C)[C@H]1COc2ccc(/C=C/C(OC)=C(C)\C(=C/OC)C(=O)OC)cc2O1. The highest BCUT2D eigenvalue weighted by atomic mass is 16.6. The van der Waals surface area contributed by atoms with Gasteiger partial charge in [-0.3, -0.25) is 0 Å². The first-order valence-corrected chi connectivity index (χ1v) is 11.0. The summed E-state index contributed by atoms with van der Waals surface area (Å²) < 4.78 is 33.8. The van der Waals surface area contributed by atoms with Gasteiger partial charge in [-0.15, -0.1) is 6.58 Å². The van der Waals surface area contributed by atoms with Gasteiger partial charge in [-0.05, 0) is 58.4 Å². The first-order chi connectivity index (χ1) is 16.0. The van der Waals surface area contributed by atoms with Gasteiger partial charge in [0.05, 0.1) is 33.2 Å². The fourth-order valence-electron chi connectivity index (χ4n) is 3.49. The molecule has 0 spiro atoms. The number of hydrogen-bond acceptors (Lipinski definition) is 7. The highest BCUT2D eigenvalue weighted by molar-refractivity contribution is 5.93. The molecule has 34 heavy (non-hydrogen) atoms. The van der Waals surface area contributed by atoms with E-state index in [9.17, 15) is 4.79 Å². The first kappa shape index (κ1) is 27.1. The standard InChI is InChI=1S/C27H36O7/c1-10-26(3,4)34-27(5,6)24-17-32-22-14-12-19(15-23(22)33-24)11-13-21(30-8)18(2)20(16-29-7)25(28)31-9/h10-16,24H,1,17H2,2-9H3/b13-11+,20-16+,21-18+/t24-/m1/s1. The van der Waals surface area contributed by atoms with Gasteiger partial charge in [-0.2, -0.15) is 0 Å². The Morgan fingerprint density at radius 2 is 1.82 bits per heavy atom. The van der Waals surface area contributed by atoms with E-state index in [1.807, 2.05) is 52.0 Å². The molecule has 186 valence electrons. The molecule has 0 saturated heterocycles. The van der Waals surface area contributed by atoms with E-state index in [0.29, 0.717) is 29.4 Å². The van der Waals surface area contributed by atoms with E-state index in [1.54, 1.807) is 19.1 Å². The Hall–Kier alpha value is -3.19. The molecule has 0 radical (unpaired) electrons. The van der Waals surface area contributed by atoms with Crippen molar-refractivity contribution in [2.75, 3.05) is 27.9 Å². The van der Waals surface area contributed by atoms with E-state index in [0.717, 1.165) is 5.56 Å². The molecular weight excluding hydrogens is 436 g/mol. The molecule has 1 aromatic carbocycles. The van der Waals surface area contributed by atoms with Crippen molar-refractivity contribution < 1.29 is 33.2 Å². The molecule has 0 amide bonds. The molecule has 0 aliphatic carbocycles. The lowest BCUT2D eigenvalue weighted by molar-refractivity contribution is -0.158. The van der Waals surface area contributed by atoms with Crippen molar-refractivity contribution in [2.24, 2.45) is 0 Å². The number of fused-ring (bicyclic) bond motifs is 1. The number of ether oxygens (including phenoxy) is 6. The van der Waals surface area contributed by atoms with Gasteiger partial charge in [-0.25, -0.2) is 4.79 Å². The molecule has 0 saturated carbocycles. The highest BCUT2D eigenvalue weighted by Crippen LogP contribution is 2.37. The molecule has 0 bridgehead atoms. The lowest BCUT2D eigenvalue weighted by Gasteiger charge is -2.41. The third-order valence-electron chi connectivity index (χ3n) is 5.48. The molecule has 1 aliphatic rings. The number of carbonyl (C=O) groups excluding carboxylic acids is 1. The number of hydrogen-bond donors (Lipinski definition) is 0. The summed E-state index contributed by atoms with van der Waals surface area (Å²) in [7, 11) is 4.31. The molecule has 0 fully saturated rings. The Labute approximate surface area is 202 Å². The molecular formula is C27H36O7. The fourth-order valence-corrected chi connectivity index (χ4v) is 3.49. The van der Waals surface area contributed by atoms with Crippen LogP contribution in [0.3, 0.4) is 0 Å². The maximum absolute atomic E-state index is 12.1. The molecule has 7 heteroatoms. The molecule has 7 nitrogen and oxygen atoms in total. The molecule has 1 aromatic rings. The number of esters is 1. The van der Waals surface area contributed by atoms with Crippen molar-refractivity contribution in [2.45, 2.75) is 51.9 Å². The third-order valence-corrected chi connectivity index (χ3v) is 5.48. The zero-order chi connectivity index (χ0) is 25.5. The number of benzene rings is 1. The Morgan fingerprint density at radius 1 is 1.12 bits per heavy atom. The number of rotatable bonds is 10. The van der Waals surface area contributed by atoms with Crippen molar-refractivity contribution in [3.63, 3.8) is 0 Å². The largest absolute Gasteiger partial charge is 0.503 e. The van der Waals surface area contributed by atoms with Gasteiger partial charge in [-0.1, -0.05) is 18.2 Å². The van der Waals surface area contributed by atoms with Crippen LogP contribution in [0, 0.1) is 0 Å². The average molecular weight is 473 g/mol. The van der Waals surface area contributed by atoms with Crippen LogP contribution in [0.4, 0.5) is 0 Å². The first-order valence-electron chi connectivity index (χ1n) is 11.0. The normalized spacial score (nSPS) is 17.2. The van der Waals surface area contributed by atoms with Gasteiger partial charge in [0.2, 0.25) is 0 Å². The molecule has 2 rings (SSSR count). The van der Waals surface area contributed by atoms with Crippen molar-refractivity contribution in [3.8, 4) is 11.5 Å². The average Bonchev–Trinajstić information content (AvgIpc) is 2.81. The summed E-state index contributed by atoms with van der Waals surface area (Å²) >= 11 is 0. The second kappa shape index (κ2) is 11.3. The number of carbonyl (C=O) groups is 1. The van der Waals surface area contributed by atoms with Gasteiger partial charge in [0, 0.05) is 5.57 Å². The summed E-state index contributed by atoms with van der Waals surface area (Å²) in [5, 5.41) is 0. The predicted octanol–water partition coefficient (Wildman–Crippen LogP) is 5.22. The summed E-state index contributed by atoms with van der Waals surface area (Å²) in [6.45, 7) is 13.8. The number of methoxy groups -OCH3 is 3. The molecule has 0 unspecified atom stereocenters. The fraction of sp³-hybridized carbons (Fsp3) is 0.444. The van der Waals surface area contributed by atoms with E-state index < -0.39 is 17.2 Å². The van der Waals surface area contributed by atoms with E-state index in [4.69, 9.17) is 28.4 Å². The van der Waals surface area contributed by atoms with Crippen LogP contribution in [0.5, 0.6) is 11.5 Å². The molecule has 1 atom stereocenters. The molecule has 1 heterocycles. The molecule has 1 aliphatic heterocycles. The van der Waals surface area contributed by atoms with Gasteiger partial charge in [0.1, 0.15) is 23.5 Å². The summed E-state index contributed by atoms with van der Waals surface area (Å²) in [5.41, 5.74) is 0.599.